The first-order valence-corrected chi connectivity index (χ1v) is 9.84. The molecule has 0 saturated heterocycles. The van der Waals surface area contributed by atoms with Crippen molar-refractivity contribution in [1.82, 2.24) is 5.32 Å². The summed E-state index contributed by atoms with van der Waals surface area (Å²) in [4.78, 5) is 11.7. The van der Waals surface area contributed by atoms with Crippen LogP contribution in [0.15, 0.2) is 84.9 Å². The minimum atomic E-state index is -1.04. The smallest absolute Gasteiger partial charge is 0.407 e. The molecule has 6 nitrogen and oxygen atoms in total. The van der Waals surface area contributed by atoms with Gasteiger partial charge in [0, 0.05) is 17.9 Å². The highest BCUT2D eigenvalue weighted by molar-refractivity contribution is 5.67. The third-order valence-electron chi connectivity index (χ3n) is 4.60. The fraction of sp³-hybridized carbons (Fsp3) is 0.208. The normalized spacial score (nSPS) is 12.6. The van der Waals surface area contributed by atoms with Gasteiger partial charge in [-0.1, -0.05) is 60.7 Å². The predicted octanol–water partition coefficient (Wildman–Crippen LogP) is 4.14. The van der Waals surface area contributed by atoms with E-state index in [2.05, 4.69) is 10.6 Å². The molecule has 30 heavy (non-hydrogen) atoms. The number of nitrogens with one attached hydrogen (secondary N) is 2. The summed E-state index contributed by atoms with van der Waals surface area (Å²) in [5.41, 5.74) is 3.35. The van der Waals surface area contributed by atoms with Gasteiger partial charge in [0.2, 0.25) is 0 Å². The van der Waals surface area contributed by atoms with Crippen molar-refractivity contribution < 1.29 is 19.7 Å². The Morgan fingerprint density at radius 2 is 1.43 bits per heavy atom. The number of carbonyl (C=O) groups excluding carboxylic acids is 1. The molecule has 3 aromatic rings. The van der Waals surface area contributed by atoms with Crippen LogP contribution in [0.3, 0.4) is 0 Å². The van der Waals surface area contributed by atoms with E-state index < -0.39 is 18.3 Å². The lowest BCUT2D eigenvalue weighted by molar-refractivity contribution is 0.0136. The minimum absolute atomic E-state index is 0.182. The third-order valence-corrected chi connectivity index (χ3v) is 4.60. The van der Waals surface area contributed by atoms with Gasteiger partial charge in [0.05, 0.1) is 6.10 Å². The number of alkyl carbamates (subject to hydrolysis) is 1. The molecule has 0 aliphatic carbocycles. The van der Waals surface area contributed by atoms with Crippen LogP contribution in [0.1, 0.15) is 23.7 Å². The van der Waals surface area contributed by atoms with Crippen LogP contribution in [0.5, 0.6) is 0 Å². The van der Waals surface area contributed by atoms with Crippen LogP contribution in [0.25, 0.3) is 0 Å². The van der Waals surface area contributed by atoms with E-state index >= 15 is 0 Å². The van der Waals surface area contributed by atoms with E-state index in [1.807, 2.05) is 72.8 Å². The first-order chi connectivity index (χ1) is 14.6. The molecule has 0 saturated carbocycles. The van der Waals surface area contributed by atoms with E-state index in [0.717, 1.165) is 16.9 Å². The lowest BCUT2D eigenvalue weighted by Gasteiger charge is -2.19. The number of hydrogen-bond acceptors (Lipinski definition) is 5. The van der Waals surface area contributed by atoms with Gasteiger partial charge >= 0.3 is 6.09 Å². The third kappa shape index (κ3) is 6.62. The highest BCUT2D eigenvalue weighted by Gasteiger charge is 2.18. The topological polar surface area (TPSA) is 90.8 Å². The molecule has 2 unspecified atom stereocenters. The molecule has 6 heteroatoms. The van der Waals surface area contributed by atoms with Crippen molar-refractivity contribution in [2.75, 3.05) is 11.9 Å². The second-order valence-corrected chi connectivity index (χ2v) is 6.90. The van der Waals surface area contributed by atoms with Gasteiger partial charge in [-0.05, 0) is 41.8 Å². The number of rotatable bonds is 9. The highest BCUT2D eigenvalue weighted by Crippen LogP contribution is 2.22. The van der Waals surface area contributed by atoms with Crippen molar-refractivity contribution in [3.05, 3.63) is 96.1 Å². The zero-order valence-electron chi connectivity index (χ0n) is 16.6. The molecule has 2 atom stereocenters. The van der Waals surface area contributed by atoms with Gasteiger partial charge < -0.3 is 25.6 Å². The predicted molar refractivity (Wildman–Crippen MR) is 116 cm³/mol. The van der Waals surface area contributed by atoms with Crippen LogP contribution in [-0.4, -0.2) is 29.0 Å². The van der Waals surface area contributed by atoms with E-state index in [0.29, 0.717) is 5.56 Å². The maximum Gasteiger partial charge on any atom is 0.407 e. The summed E-state index contributed by atoms with van der Waals surface area (Å²) in [6.45, 7) is 0.376. The first-order valence-electron chi connectivity index (χ1n) is 9.84. The van der Waals surface area contributed by atoms with Gasteiger partial charge in [-0.3, -0.25) is 0 Å². The van der Waals surface area contributed by atoms with Gasteiger partial charge in [0.1, 0.15) is 12.7 Å². The molecule has 0 aromatic heterocycles. The van der Waals surface area contributed by atoms with Crippen LogP contribution < -0.4 is 10.6 Å². The molecule has 3 aromatic carbocycles. The van der Waals surface area contributed by atoms with Crippen LogP contribution >= 0.6 is 0 Å². The summed E-state index contributed by atoms with van der Waals surface area (Å²) in [5, 5.41) is 26.5. The zero-order valence-corrected chi connectivity index (χ0v) is 16.6. The Hall–Kier alpha value is -3.35. The standard InChI is InChI=1S/C24H26N2O4/c27-22(15-16-25-24(29)30-17-18-7-3-1-4-8-18)23(28)19-11-13-21(14-12-19)26-20-9-5-2-6-10-20/h1-14,22-23,26-28H,15-17H2,(H,25,29). The number of benzene rings is 3. The van der Waals surface area contributed by atoms with Crippen LogP contribution in [0.2, 0.25) is 0 Å². The Labute approximate surface area is 176 Å². The number of anilines is 2. The van der Waals surface area contributed by atoms with E-state index in [-0.39, 0.29) is 19.6 Å². The monoisotopic (exact) mass is 406 g/mol. The Kier molecular flexibility index (Phi) is 7.83. The summed E-state index contributed by atoms with van der Waals surface area (Å²) in [5.74, 6) is 0. The molecule has 0 spiro atoms. The zero-order chi connectivity index (χ0) is 21.2. The molecule has 0 heterocycles. The Balaban J connectivity index is 1.40. The van der Waals surface area contributed by atoms with Crippen molar-refractivity contribution in [2.45, 2.75) is 25.2 Å². The molecular weight excluding hydrogens is 380 g/mol. The maximum atomic E-state index is 11.7. The van der Waals surface area contributed by atoms with Gasteiger partial charge in [-0.2, -0.15) is 0 Å². The first kappa shape index (κ1) is 21.4. The number of aliphatic hydroxyl groups is 2. The van der Waals surface area contributed by atoms with Gasteiger partial charge in [-0.25, -0.2) is 4.79 Å². The number of para-hydroxylation sites is 1. The van der Waals surface area contributed by atoms with Gasteiger partial charge in [-0.15, -0.1) is 0 Å². The number of ether oxygens (including phenoxy) is 1. The fourth-order valence-electron chi connectivity index (χ4n) is 2.93. The molecule has 1 amide bonds. The van der Waals surface area contributed by atoms with E-state index in [9.17, 15) is 15.0 Å². The van der Waals surface area contributed by atoms with Crippen molar-refractivity contribution in [2.24, 2.45) is 0 Å². The minimum Gasteiger partial charge on any atom is -0.445 e. The van der Waals surface area contributed by atoms with Crippen LogP contribution in [0, 0.1) is 0 Å². The number of amides is 1. The Morgan fingerprint density at radius 1 is 0.833 bits per heavy atom. The molecule has 0 radical (unpaired) electrons. The Bertz CT molecular complexity index is 902. The molecule has 0 aliphatic heterocycles. The maximum absolute atomic E-state index is 11.7. The van der Waals surface area contributed by atoms with E-state index in [4.69, 9.17) is 4.74 Å². The van der Waals surface area contributed by atoms with Crippen molar-refractivity contribution in [3.63, 3.8) is 0 Å². The van der Waals surface area contributed by atoms with Crippen LogP contribution in [0.4, 0.5) is 16.2 Å². The SMILES string of the molecule is O=C(NCCC(O)C(O)c1ccc(Nc2ccccc2)cc1)OCc1ccccc1. The van der Waals surface area contributed by atoms with Gasteiger partial charge in [0.15, 0.2) is 0 Å². The molecule has 0 aliphatic rings. The average molecular weight is 406 g/mol. The largest absolute Gasteiger partial charge is 0.445 e. The summed E-state index contributed by atoms with van der Waals surface area (Å²) < 4.78 is 5.12. The molecular formula is C24H26N2O4. The second kappa shape index (κ2) is 11.0. The molecule has 156 valence electrons. The van der Waals surface area contributed by atoms with Crippen LogP contribution in [-0.2, 0) is 11.3 Å². The second-order valence-electron chi connectivity index (χ2n) is 6.90. The number of carbonyl (C=O) groups is 1. The highest BCUT2D eigenvalue weighted by atomic mass is 16.5. The van der Waals surface area contributed by atoms with Crippen molar-refractivity contribution in [3.8, 4) is 0 Å². The fourth-order valence-corrected chi connectivity index (χ4v) is 2.93. The molecule has 0 fully saturated rings. The lowest BCUT2D eigenvalue weighted by atomic mass is 10.0. The quantitative estimate of drug-likeness (QED) is 0.429. The number of hydrogen-bond donors (Lipinski definition) is 4. The van der Waals surface area contributed by atoms with E-state index in [1.165, 1.54) is 0 Å². The summed E-state index contributed by atoms with van der Waals surface area (Å²) in [6.07, 6.45) is -2.41. The summed E-state index contributed by atoms with van der Waals surface area (Å²) in [6, 6.07) is 26.4. The van der Waals surface area contributed by atoms with Gasteiger partial charge in [0.25, 0.3) is 0 Å². The summed E-state index contributed by atoms with van der Waals surface area (Å²) >= 11 is 0. The average Bonchev–Trinajstić information content (AvgIpc) is 2.79. The number of aliphatic hydroxyl groups excluding tert-OH is 2. The lowest BCUT2D eigenvalue weighted by Crippen LogP contribution is -2.29. The van der Waals surface area contributed by atoms with Crippen molar-refractivity contribution >= 4 is 17.5 Å². The van der Waals surface area contributed by atoms with E-state index in [1.54, 1.807) is 12.1 Å². The summed E-state index contributed by atoms with van der Waals surface area (Å²) in [7, 11) is 0. The van der Waals surface area contributed by atoms with Crippen molar-refractivity contribution in [1.29, 1.82) is 0 Å². The molecule has 0 bridgehead atoms. The molecule has 3 rings (SSSR count). The Morgan fingerprint density at radius 3 is 2.10 bits per heavy atom. The molecule has 4 N–H and O–H groups in total.